The summed E-state index contributed by atoms with van der Waals surface area (Å²) < 4.78 is 26.4. The first kappa shape index (κ1) is 18.3. The molecule has 1 aliphatic heterocycles. The van der Waals surface area contributed by atoms with Crippen LogP contribution in [0.5, 0.6) is 0 Å². The summed E-state index contributed by atoms with van der Waals surface area (Å²) >= 11 is 0. The van der Waals surface area contributed by atoms with Crippen LogP contribution in [0, 0.1) is 5.92 Å². The highest BCUT2D eigenvalue weighted by Gasteiger charge is 2.31. The highest BCUT2D eigenvalue weighted by Crippen LogP contribution is 2.19. The van der Waals surface area contributed by atoms with Crippen molar-refractivity contribution < 1.29 is 23.1 Å². The number of hydrogen-bond acceptors (Lipinski definition) is 6. The molecule has 0 radical (unpaired) electrons. The van der Waals surface area contributed by atoms with E-state index in [-0.39, 0.29) is 31.3 Å². The van der Waals surface area contributed by atoms with Crippen LogP contribution in [0.2, 0.25) is 0 Å². The quantitative estimate of drug-likeness (QED) is 0.640. The van der Waals surface area contributed by atoms with E-state index in [1.165, 1.54) is 15.2 Å². The van der Waals surface area contributed by atoms with Gasteiger partial charge < -0.3 is 10.4 Å². The molecule has 2 heterocycles. The summed E-state index contributed by atoms with van der Waals surface area (Å²) in [6, 6.07) is 0. The molecule has 2 rings (SSSR count). The summed E-state index contributed by atoms with van der Waals surface area (Å²) in [7, 11) is -3.29. The molecule has 0 bridgehead atoms. The topological polar surface area (TPSA) is 134 Å². The fourth-order valence-electron chi connectivity index (χ4n) is 2.55. The lowest BCUT2D eigenvalue weighted by molar-refractivity contribution is -0.138. The molecule has 0 spiro atoms. The van der Waals surface area contributed by atoms with Gasteiger partial charge in [-0.3, -0.25) is 9.59 Å². The predicted octanol–water partition coefficient (Wildman–Crippen LogP) is -0.959. The van der Waals surface area contributed by atoms with Gasteiger partial charge in [-0.2, -0.15) is 0 Å². The number of rotatable bonds is 7. The molecule has 2 N–H and O–H groups in total. The number of piperidine rings is 1. The Balaban J connectivity index is 1.88. The summed E-state index contributed by atoms with van der Waals surface area (Å²) in [6.07, 6.45) is 2.72. The highest BCUT2D eigenvalue weighted by atomic mass is 32.2. The number of nitrogens with one attached hydrogen (secondary N) is 1. The molecule has 1 atom stereocenters. The fraction of sp³-hybridized carbons (Fsp3) is 0.692. The van der Waals surface area contributed by atoms with Crippen molar-refractivity contribution in [3.05, 3.63) is 11.9 Å². The molecule has 1 amide bonds. The van der Waals surface area contributed by atoms with Gasteiger partial charge in [-0.05, 0) is 19.8 Å². The smallest absolute Gasteiger partial charge is 0.325 e. The maximum Gasteiger partial charge on any atom is 0.325 e. The van der Waals surface area contributed by atoms with Crippen LogP contribution < -0.4 is 5.32 Å². The van der Waals surface area contributed by atoms with Crippen LogP contribution in [0.1, 0.15) is 25.5 Å². The van der Waals surface area contributed by atoms with Crippen LogP contribution in [0.15, 0.2) is 6.20 Å². The number of carbonyl (C=O) groups excluding carboxylic acids is 1. The van der Waals surface area contributed by atoms with Gasteiger partial charge in [-0.25, -0.2) is 17.4 Å². The number of aromatic nitrogens is 3. The number of carboxylic acid groups (broad SMARTS) is 1. The van der Waals surface area contributed by atoms with Crippen LogP contribution in [0.25, 0.3) is 0 Å². The van der Waals surface area contributed by atoms with Gasteiger partial charge in [0.2, 0.25) is 15.9 Å². The highest BCUT2D eigenvalue weighted by molar-refractivity contribution is 7.89. The minimum absolute atomic E-state index is 0.0218. The first-order chi connectivity index (χ1) is 11.3. The second kappa shape index (κ2) is 7.71. The molecule has 11 heteroatoms. The average Bonchev–Trinajstić information content (AvgIpc) is 2.99. The van der Waals surface area contributed by atoms with E-state index in [2.05, 4.69) is 15.6 Å². The number of sulfonamides is 1. The van der Waals surface area contributed by atoms with E-state index < -0.39 is 21.9 Å². The molecule has 1 unspecified atom stereocenters. The Morgan fingerprint density at radius 2 is 2.21 bits per heavy atom. The van der Waals surface area contributed by atoms with E-state index in [4.69, 9.17) is 5.11 Å². The molecule has 134 valence electrons. The third-order valence-corrected chi connectivity index (χ3v) is 5.69. The van der Waals surface area contributed by atoms with E-state index in [9.17, 15) is 18.0 Å². The van der Waals surface area contributed by atoms with Gasteiger partial charge in [0.1, 0.15) is 12.2 Å². The summed E-state index contributed by atoms with van der Waals surface area (Å²) in [4.78, 5) is 22.8. The lowest BCUT2D eigenvalue weighted by atomic mass is 9.99. The summed E-state index contributed by atoms with van der Waals surface area (Å²) in [5.41, 5.74) is 0.443. The first-order valence-corrected chi connectivity index (χ1v) is 9.29. The molecule has 1 aliphatic rings. The minimum atomic E-state index is -3.29. The molecule has 1 aromatic rings. The molecule has 0 saturated carbocycles. The third-order valence-electron chi connectivity index (χ3n) is 3.84. The van der Waals surface area contributed by atoms with Crippen LogP contribution in [-0.2, 0) is 32.7 Å². The Morgan fingerprint density at radius 1 is 1.46 bits per heavy atom. The Kier molecular flexibility index (Phi) is 5.89. The van der Waals surface area contributed by atoms with Crippen LogP contribution in [-0.4, -0.2) is 63.5 Å². The summed E-state index contributed by atoms with van der Waals surface area (Å²) in [5, 5.41) is 18.8. The van der Waals surface area contributed by atoms with Gasteiger partial charge in [0.25, 0.3) is 0 Å². The Labute approximate surface area is 139 Å². The third kappa shape index (κ3) is 4.74. The molecule has 0 aromatic carbocycles. The zero-order valence-corrected chi connectivity index (χ0v) is 14.2. The van der Waals surface area contributed by atoms with Crippen molar-refractivity contribution in [1.82, 2.24) is 24.6 Å². The Hall–Kier alpha value is -2.01. The largest absolute Gasteiger partial charge is 0.480 e. The van der Waals surface area contributed by atoms with Crippen molar-refractivity contribution >= 4 is 21.9 Å². The normalized spacial score (nSPS) is 19.1. The van der Waals surface area contributed by atoms with Gasteiger partial charge in [-0.15, -0.1) is 5.10 Å². The van der Waals surface area contributed by atoms with Gasteiger partial charge in [0.05, 0.1) is 24.4 Å². The molecule has 1 aromatic heterocycles. The average molecular weight is 359 g/mol. The molecule has 0 aliphatic carbocycles. The number of nitrogens with zero attached hydrogens (tertiary/aromatic N) is 4. The Bertz CT molecular complexity index is 701. The van der Waals surface area contributed by atoms with Crippen molar-refractivity contribution in [3.63, 3.8) is 0 Å². The second-order valence-electron chi connectivity index (χ2n) is 5.62. The maximum absolute atomic E-state index is 12.2. The maximum atomic E-state index is 12.2. The van der Waals surface area contributed by atoms with E-state index >= 15 is 0 Å². The fourth-order valence-corrected chi connectivity index (χ4v) is 3.73. The Morgan fingerprint density at radius 3 is 2.88 bits per heavy atom. The molecular weight excluding hydrogens is 338 g/mol. The summed E-state index contributed by atoms with van der Waals surface area (Å²) in [5.74, 6) is -1.64. The number of carboxylic acids is 1. The lowest BCUT2D eigenvalue weighted by Crippen LogP contribution is -2.45. The molecule has 24 heavy (non-hydrogen) atoms. The lowest BCUT2D eigenvalue weighted by Gasteiger charge is -2.30. The van der Waals surface area contributed by atoms with E-state index in [1.807, 2.05) is 0 Å². The number of amides is 1. The van der Waals surface area contributed by atoms with Gasteiger partial charge in [-0.1, -0.05) is 5.21 Å². The van der Waals surface area contributed by atoms with Crippen molar-refractivity contribution in [2.75, 3.05) is 18.8 Å². The number of aliphatic carboxylic acids is 1. The van der Waals surface area contributed by atoms with Crippen molar-refractivity contribution in [2.24, 2.45) is 5.92 Å². The van der Waals surface area contributed by atoms with Crippen molar-refractivity contribution in [2.45, 2.75) is 32.9 Å². The monoisotopic (exact) mass is 359 g/mol. The zero-order chi connectivity index (χ0) is 17.7. The predicted molar refractivity (Wildman–Crippen MR) is 83.3 cm³/mol. The SMILES string of the molecule is CCS(=O)(=O)N1CCCC(C(=O)NCc2cn(CC(=O)O)nn2)C1. The molecular formula is C13H21N5O5S. The zero-order valence-electron chi connectivity index (χ0n) is 13.4. The van der Waals surface area contributed by atoms with E-state index in [0.717, 1.165) is 0 Å². The van der Waals surface area contributed by atoms with Crippen LogP contribution in [0.4, 0.5) is 0 Å². The van der Waals surface area contributed by atoms with E-state index in [1.54, 1.807) is 6.92 Å². The second-order valence-corrected chi connectivity index (χ2v) is 7.87. The molecule has 1 saturated heterocycles. The molecule has 1 fully saturated rings. The first-order valence-electron chi connectivity index (χ1n) is 7.68. The molecule has 10 nitrogen and oxygen atoms in total. The van der Waals surface area contributed by atoms with Crippen molar-refractivity contribution in [3.8, 4) is 0 Å². The van der Waals surface area contributed by atoms with Crippen molar-refractivity contribution in [1.29, 1.82) is 0 Å². The van der Waals surface area contributed by atoms with Crippen LogP contribution in [0.3, 0.4) is 0 Å². The standard InChI is InChI=1S/C13H21N5O5S/c1-2-24(22,23)18-5-3-4-10(7-18)13(21)14-6-11-8-17(16-15-11)9-12(19)20/h8,10H,2-7,9H2,1H3,(H,14,21)(H,19,20). The van der Waals surface area contributed by atoms with Gasteiger partial charge in [0, 0.05) is 13.1 Å². The van der Waals surface area contributed by atoms with Gasteiger partial charge >= 0.3 is 5.97 Å². The summed E-state index contributed by atoms with van der Waals surface area (Å²) in [6.45, 7) is 2.04. The minimum Gasteiger partial charge on any atom is -0.480 e. The number of hydrogen-bond donors (Lipinski definition) is 2. The number of carbonyl (C=O) groups is 2. The van der Waals surface area contributed by atoms with Crippen LogP contribution >= 0.6 is 0 Å². The van der Waals surface area contributed by atoms with Gasteiger partial charge in [0.15, 0.2) is 0 Å². The van der Waals surface area contributed by atoms with E-state index in [0.29, 0.717) is 25.1 Å².